The highest BCUT2D eigenvalue weighted by Gasteiger charge is 2.18. The van der Waals surface area contributed by atoms with Gasteiger partial charge >= 0.3 is 5.97 Å². The Hall–Kier alpha value is -1.04. The summed E-state index contributed by atoms with van der Waals surface area (Å²) in [5, 5.41) is 0. The van der Waals surface area contributed by atoms with Gasteiger partial charge in [0.1, 0.15) is 5.69 Å². The molecule has 0 atom stereocenters. The van der Waals surface area contributed by atoms with E-state index in [1.807, 2.05) is 0 Å². The first kappa shape index (κ1) is 13.0. The Bertz CT molecular complexity index is 410. The number of hydrogen-bond donors (Lipinski definition) is 0. The number of rotatable bonds is 3. The molecule has 0 radical (unpaired) electrons. The van der Waals surface area contributed by atoms with E-state index in [4.69, 9.17) is 0 Å². The number of nitrogens with zero attached hydrogens (tertiary/aromatic N) is 1. The van der Waals surface area contributed by atoms with Gasteiger partial charge in [0.05, 0.1) is 13.5 Å². The molecular weight excluding hydrogens is 284 g/mol. The van der Waals surface area contributed by atoms with Crippen LogP contribution >= 0.6 is 15.9 Å². The lowest BCUT2D eigenvalue weighted by molar-refractivity contribution is -0.139. The van der Waals surface area contributed by atoms with Crippen molar-refractivity contribution in [3.05, 3.63) is 27.5 Å². The van der Waals surface area contributed by atoms with Crippen molar-refractivity contribution in [1.82, 2.24) is 4.98 Å². The first-order chi connectivity index (χ1) is 7.47. The molecule has 6 heteroatoms. The summed E-state index contributed by atoms with van der Waals surface area (Å²) in [5.74, 6) is -0.429. The quantitative estimate of drug-likeness (QED) is 0.805. The van der Waals surface area contributed by atoms with Crippen LogP contribution in [0.3, 0.4) is 0 Å². The zero-order chi connectivity index (χ0) is 12.3. The summed E-state index contributed by atoms with van der Waals surface area (Å²) >= 11 is 3.05. The maximum atomic E-state index is 12.5. The van der Waals surface area contributed by atoms with E-state index in [0.29, 0.717) is 11.1 Å². The maximum Gasteiger partial charge on any atom is 0.310 e. The van der Waals surface area contributed by atoms with Crippen molar-refractivity contribution in [3.63, 3.8) is 0 Å². The van der Waals surface area contributed by atoms with Crippen LogP contribution in [0.1, 0.15) is 23.2 Å². The summed E-state index contributed by atoms with van der Waals surface area (Å²) in [5.41, 5.74) is 0.838. The van der Waals surface area contributed by atoms with Gasteiger partial charge in [-0.1, -0.05) is 0 Å². The van der Waals surface area contributed by atoms with Gasteiger partial charge < -0.3 is 4.74 Å². The number of pyridine rings is 1. The summed E-state index contributed by atoms with van der Waals surface area (Å²) in [6, 6.07) is 0. The fourth-order valence-electron chi connectivity index (χ4n) is 1.19. The van der Waals surface area contributed by atoms with Crippen LogP contribution in [0, 0.1) is 6.92 Å². The Morgan fingerprint density at radius 2 is 2.25 bits per heavy atom. The maximum absolute atomic E-state index is 12.5. The third kappa shape index (κ3) is 2.75. The van der Waals surface area contributed by atoms with Gasteiger partial charge in [-0.3, -0.25) is 9.78 Å². The van der Waals surface area contributed by atoms with Crippen LogP contribution in [0.5, 0.6) is 0 Å². The Balaban J connectivity index is 3.07. The van der Waals surface area contributed by atoms with Crippen LogP contribution in [-0.4, -0.2) is 18.1 Å². The van der Waals surface area contributed by atoms with Gasteiger partial charge in [0.2, 0.25) is 0 Å². The molecule has 0 N–H and O–H groups in total. The minimum absolute atomic E-state index is 0.0252. The zero-order valence-corrected chi connectivity index (χ0v) is 10.3. The Labute approximate surface area is 99.9 Å². The summed E-state index contributed by atoms with van der Waals surface area (Å²) < 4.78 is 29.7. The first-order valence-corrected chi connectivity index (χ1v) is 5.25. The number of ether oxygens (including phenoxy) is 1. The van der Waals surface area contributed by atoms with Gasteiger partial charge in [0.25, 0.3) is 6.43 Å². The lowest BCUT2D eigenvalue weighted by Crippen LogP contribution is -2.08. The molecule has 0 amide bonds. The van der Waals surface area contributed by atoms with E-state index >= 15 is 0 Å². The van der Waals surface area contributed by atoms with E-state index in [0.717, 1.165) is 0 Å². The van der Waals surface area contributed by atoms with E-state index in [2.05, 4.69) is 25.7 Å². The van der Waals surface area contributed by atoms with Gasteiger partial charge in [-0.25, -0.2) is 8.78 Å². The van der Waals surface area contributed by atoms with E-state index in [1.165, 1.54) is 13.3 Å². The number of aromatic nitrogens is 1. The normalized spacial score (nSPS) is 10.6. The molecule has 0 aliphatic heterocycles. The van der Waals surface area contributed by atoms with Crippen molar-refractivity contribution in [2.75, 3.05) is 7.11 Å². The summed E-state index contributed by atoms with van der Waals surface area (Å²) in [7, 11) is 1.27. The van der Waals surface area contributed by atoms with E-state index in [-0.39, 0.29) is 16.6 Å². The van der Waals surface area contributed by atoms with Gasteiger partial charge in [-0.2, -0.15) is 0 Å². The number of hydrogen-bond acceptors (Lipinski definition) is 3. The Morgan fingerprint density at radius 1 is 1.62 bits per heavy atom. The van der Waals surface area contributed by atoms with Gasteiger partial charge in [0.15, 0.2) is 0 Å². The molecule has 88 valence electrons. The highest BCUT2D eigenvalue weighted by molar-refractivity contribution is 9.10. The average molecular weight is 294 g/mol. The third-order valence-electron chi connectivity index (χ3n) is 2.16. The predicted molar refractivity (Wildman–Crippen MR) is 57.4 cm³/mol. The number of esters is 1. The van der Waals surface area contributed by atoms with Crippen molar-refractivity contribution >= 4 is 21.9 Å². The third-order valence-corrected chi connectivity index (χ3v) is 3.17. The van der Waals surface area contributed by atoms with E-state index in [9.17, 15) is 13.6 Å². The van der Waals surface area contributed by atoms with Crippen LogP contribution in [-0.2, 0) is 16.0 Å². The standard InChI is InChI=1S/C10H10BrF2NO2/c1-5-6(3-7(15)16-2)4-14-9(8(5)11)10(12)13/h4,10H,3H2,1-2H3. The molecule has 1 aromatic heterocycles. The zero-order valence-electron chi connectivity index (χ0n) is 8.76. The number of alkyl halides is 2. The molecule has 0 spiro atoms. The molecular formula is C10H10BrF2NO2. The van der Waals surface area contributed by atoms with E-state index < -0.39 is 12.4 Å². The Morgan fingerprint density at radius 3 is 2.75 bits per heavy atom. The molecule has 0 saturated carbocycles. The largest absolute Gasteiger partial charge is 0.469 e. The molecule has 16 heavy (non-hydrogen) atoms. The second-order valence-electron chi connectivity index (χ2n) is 3.16. The second-order valence-corrected chi connectivity index (χ2v) is 3.95. The summed E-state index contributed by atoms with van der Waals surface area (Å²) in [4.78, 5) is 14.7. The van der Waals surface area contributed by atoms with Crippen LogP contribution in [0.15, 0.2) is 10.7 Å². The van der Waals surface area contributed by atoms with E-state index in [1.54, 1.807) is 6.92 Å². The van der Waals surface area contributed by atoms with Crippen LogP contribution < -0.4 is 0 Å². The van der Waals surface area contributed by atoms with Crippen molar-refractivity contribution in [2.45, 2.75) is 19.8 Å². The minimum atomic E-state index is -2.64. The molecule has 0 unspecified atom stereocenters. The fourth-order valence-corrected chi connectivity index (χ4v) is 1.72. The number of halogens is 3. The minimum Gasteiger partial charge on any atom is -0.469 e. The smallest absolute Gasteiger partial charge is 0.310 e. The van der Waals surface area contributed by atoms with Crippen LogP contribution in [0.2, 0.25) is 0 Å². The van der Waals surface area contributed by atoms with Gasteiger partial charge in [-0.15, -0.1) is 0 Å². The van der Waals surface area contributed by atoms with Crippen molar-refractivity contribution < 1.29 is 18.3 Å². The summed E-state index contributed by atoms with van der Waals surface area (Å²) in [6.07, 6.45) is -1.34. The fraction of sp³-hybridized carbons (Fsp3) is 0.400. The molecule has 1 heterocycles. The van der Waals surface area contributed by atoms with Crippen LogP contribution in [0.25, 0.3) is 0 Å². The molecule has 0 fully saturated rings. The Kier molecular flexibility index (Phi) is 4.35. The van der Waals surface area contributed by atoms with Crippen molar-refractivity contribution in [2.24, 2.45) is 0 Å². The number of carbonyl (C=O) groups excluding carboxylic acids is 1. The first-order valence-electron chi connectivity index (χ1n) is 4.46. The molecule has 0 bridgehead atoms. The van der Waals surface area contributed by atoms with Gasteiger partial charge in [0, 0.05) is 10.7 Å². The summed E-state index contributed by atoms with van der Waals surface area (Å²) in [6.45, 7) is 1.65. The highest BCUT2D eigenvalue weighted by Crippen LogP contribution is 2.29. The molecule has 0 saturated heterocycles. The molecule has 0 aromatic carbocycles. The predicted octanol–water partition coefficient (Wildman–Crippen LogP) is 2.81. The molecule has 3 nitrogen and oxygen atoms in total. The second kappa shape index (κ2) is 5.34. The number of methoxy groups -OCH3 is 1. The molecule has 1 aromatic rings. The van der Waals surface area contributed by atoms with Crippen molar-refractivity contribution in [3.8, 4) is 0 Å². The number of carbonyl (C=O) groups is 1. The van der Waals surface area contributed by atoms with Crippen LogP contribution in [0.4, 0.5) is 8.78 Å². The highest BCUT2D eigenvalue weighted by atomic mass is 79.9. The SMILES string of the molecule is COC(=O)Cc1cnc(C(F)F)c(Br)c1C. The van der Waals surface area contributed by atoms with Gasteiger partial charge in [-0.05, 0) is 34.0 Å². The lowest BCUT2D eigenvalue weighted by atomic mass is 10.1. The molecule has 1 rings (SSSR count). The monoisotopic (exact) mass is 293 g/mol. The average Bonchev–Trinajstić information content (AvgIpc) is 2.24. The topological polar surface area (TPSA) is 39.2 Å². The molecule has 0 aliphatic carbocycles. The molecule has 0 aliphatic rings. The lowest BCUT2D eigenvalue weighted by Gasteiger charge is -2.09. The van der Waals surface area contributed by atoms with Crippen molar-refractivity contribution in [1.29, 1.82) is 0 Å².